The van der Waals surface area contributed by atoms with Crippen molar-refractivity contribution in [3.05, 3.63) is 89.5 Å². The molecule has 0 fully saturated rings. The molecule has 0 aliphatic carbocycles. The molecule has 122 valence electrons. The molecule has 0 saturated heterocycles. The molecule has 0 radical (unpaired) electrons. The summed E-state index contributed by atoms with van der Waals surface area (Å²) in [5, 5.41) is 3.14. The summed E-state index contributed by atoms with van der Waals surface area (Å²) in [6.07, 6.45) is 4.00. The number of carbonyl (C=O) groups is 1. The predicted molar refractivity (Wildman–Crippen MR) is 94.5 cm³/mol. The van der Waals surface area contributed by atoms with E-state index in [9.17, 15) is 4.79 Å². The third-order valence-electron chi connectivity index (χ3n) is 4.13. The third-order valence-corrected chi connectivity index (χ3v) is 4.13. The highest BCUT2D eigenvalue weighted by Gasteiger charge is 2.22. The van der Waals surface area contributed by atoms with Crippen LogP contribution in [0.4, 0.5) is 0 Å². The van der Waals surface area contributed by atoms with E-state index >= 15 is 0 Å². The molecule has 3 rings (SSSR count). The van der Waals surface area contributed by atoms with Crippen LogP contribution >= 0.6 is 0 Å². The van der Waals surface area contributed by atoms with Gasteiger partial charge in [-0.2, -0.15) is 0 Å². The van der Waals surface area contributed by atoms with Crippen LogP contribution in [0.1, 0.15) is 28.6 Å². The first-order valence-electron chi connectivity index (χ1n) is 8.01. The van der Waals surface area contributed by atoms with Gasteiger partial charge in [0.1, 0.15) is 11.9 Å². The molecule has 3 aromatic rings. The topological polar surface area (TPSA) is 46.9 Å². The number of nitrogens with zero attached hydrogens (tertiary/aromatic N) is 2. The van der Waals surface area contributed by atoms with Gasteiger partial charge in [0.2, 0.25) is 5.91 Å². The maximum Gasteiger partial charge on any atom is 0.225 e. The van der Waals surface area contributed by atoms with E-state index in [1.54, 1.807) is 6.20 Å². The van der Waals surface area contributed by atoms with Gasteiger partial charge in [-0.3, -0.25) is 4.79 Å². The van der Waals surface area contributed by atoms with Gasteiger partial charge >= 0.3 is 0 Å². The van der Waals surface area contributed by atoms with Crippen LogP contribution in [-0.2, 0) is 18.3 Å². The number of hydrogen-bond donors (Lipinski definition) is 1. The van der Waals surface area contributed by atoms with Gasteiger partial charge in [0, 0.05) is 19.4 Å². The van der Waals surface area contributed by atoms with E-state index in [0.29, 0.717) is 6.42 Å². The summed E-state index contributed by atoms with van der Waals surface area (Å²) < 4.78 is 1.94. The molecule has 1 N–H and O–H groups in total. The lowest BCUT2D eigenvalue weighted by atomic mass is 10.00. The summed E-state index contributed by atoms with van der Waals surface area (Å²) in [6, 6.07) is 17.6. The maximum absolute atomic E-state index is 12.6. The van der Waals surface area contributed by atoms with Crippen molar-refractivity contribution in [2.75, 3.05) is 0 Å². The lowest BCUT2D eigenvalue weighted by molar-refractivity contribution is -0.121. The molecule has 1 unspecified atom stereocenters. The Balaban J connectivity index is 1.87. The quantitative estimate of drug-likeness (QED) is 0.785. The van der Waals surface area contributed by atoms with Gasteiger partial charge in [0.25, 0.3) is 0 Å². The summed E-state index contributed by atoms with van der Waals surface area (Å²) in [5.41, 5.74) is 3.19. The van der Waals surface area contributed by atoms with Crippen LogP contribution in [0, 0.1) is 6.92 Å². The average Bonchev–Trinajstić information content (AvgIpc) is 3.00. The average molecular weight is 319 g/mol. The lowest BCUT2D eigenvalue weighted by Crippen LogP contribution is -2.32. The molecule has 2 aromatic carbocycles. The highest BCUT2D eigenvalue weighted by Crippen LogP contribution is 2.23. The molecule has 0 aliphatic heterocycles. The molecule has 1 atom stereocenters. The Labute approximate surface area is 142 Å². The van der Waals surface area contributed by atoms with E-state index in [0.717, 1.165) is 22.5 Å². The first kappa shape index (κ1) is 16.0. The largest absolute Gasteiger partial charge is 0.342 e. The molecule has 0 saturated carbocycles. The molecule has 24 heavy (non-hydrogen) atoms. The number of amides is 1. The fourth-order valence-electron chi connectivity index (χ4n) is 2.84. The molecule has 4 heteroatoms. The fraction of sp³-hybridized carbons (Fsp3) is 0.200. The number of imidazole rings is 1. The highest BCUT2D eigenvalue weighted by atomic mass is 16.1. The molecule has 1 amide bonds. The number of aromatic nitrogens is 2. The molecular formula is C20H21N3O. The van der Waals surface area contributed by atoms with E-state index in [1.165, 1.54) is 0 Å². The van der Waals surface area contributed by atoms with Gasteiger partial charge in [-0.15, -0.1) is 0 Å². The summed E-state index contributed by atoms with van der Waals surface area (Å²) >= 11 is 0. The second-order valence-electron chi connectivity index (χ2n) is 5.92. The number of nitrogens with one attached hydrogen (secondary N) is 1. The first-order chi connectivity index (χ1) is 11.6. The Morgan fingerprint density at radius 2 is 1.83 bits per heavy atom. The van der Waals surface area contributed by atoms with Crippen molar-refractivity contribution >= 4 is 5.91 Å². The molecular weight excluding hydrogens is 298 g/mol. The van der Waals surface area contributed by atoms with E-state index in [-0.39, 0.29) is 11.9 Å². The van der Waals surface area contributed by atoms with E-state index < -0.39 is 0 Å². The normalized spacial score (nSPS) is 11.9. The van der Waals surface area contributed by atoms with Gasteiger partial charge in [-0.1, -0.05) is 54.6 Å². The summed E-state index contributed by atoms with van der Waals surface area (Å²) in [5.74, 6) is 0.808. The Kier molecular flexibility index (Phi) is 4.75. The molecule has 4 nitrogen and oxygen atoms in total. The Morgan fingerprint density at radius 3 is 2.50 bits per heavy atom. The zero-order chi connectivity index (χ0) is 16.9. The third kappa shape index (κ3) is 3.54. The van der Waals surface area contributed by atoms with E-state index in [4.69, 9.17) is 0 Å². The van der Waals surface area contributed by atoms with Crippen molar-refractivity contribution in [1.29, 1.82) is 0 Å². The van der Waals surface area contributed by atoms with Crippen molar-refractivity contribution in [3.8, 4) is 0 Å². The molecule has 1 heterocycles. The van der Waals surface area contributed by atoms with Gasteiger partial charge in [0.05, 0.1) is 6.42 Å². The van der Waals surface area contributed by atoms with Crippen molar-refractivity contribution in [2.24, 2.45) is 7.05 Å². The van der Waals surface area contributed by atoms with Crippen LogP contribution in [-0.4, -0.2) is 15.5 Å². The first-order valence-corrected chi connectivity index (χ1v) is 8.01. The fourth-order valence-corrected chi connectivity index (χ4v) is 2.84. The summed E-state index contributed by atoms with van der Waals surface area (Å²) in [7, 11) is 1.94. The number of hydrogen-bond acceptors (Lipinski definition) is 2. The lowest BCUT2D eigenvalue weighted by Gasteiger charge is -2.21. The van der Waals surface area contributed by atoms with Gasteiger partial charge in [-0.25, -0.2) is 4.98 Å². The maximum atomic E-state index is 12.6. The van der Waals surface area contributed by atoms with Gasteiger partial charge in [0.15, 0.2) is 0 Å². The van der Waals surface area contributed by atoms with Crippen LogP contribution in [0.15, 0.2) is 67.0 Å². The van der Waals surface area contributed by atoms with Crippen molar-refractivity contribution < 1.29 is 4.79 Å². The number of rotatable bonds is 5. The van der Waals surface area contributed by atoms with E-state index in [2.05, 4.69) is 23.3 Å². The van der Waals surface area contributed by atoms with Crippen molar-refractivity contribution in [1.82, 2.24) is 14.9 Å². The van der Waals surface area contributed by atoms with Crippen LogP contribution in [0.5, 0.6) is 0 Å². The second-order valence-corrected chi connectivity index (χ2v) is 5.92. The van der Waals surface area contributed by atoms with Crippen LogP contribution in [0.3, 0.4) is 0 Å². The Hall–Kier alpha value is -2.88. The number of carbonyl (C=O) groups excluding carboxylic acids is 1. The van der Waals surface area contributed by atoms with Crippen LogP contribution < -0.4 is 5.32 Å². The zero-order valence-corrected chi connectivity index (χ0v) is 13.9. The summed E-state index contributed by atoms with van der Waals surface area (Å²) in [6.45, 7) is 2.05. The van der Waals surface area contributed by atoms with Crippen molar-refractivity contribution in [3.63, 3.8) is 0 Å². The number of benzene rings is 2. The molecule has 1 aromatic heterocycles. The van der Waals surface area contributed by atoms with Crippen LogP contribution in [0.25, 0.3) is 0 Å². The Bertz CT molecular complexity index is 824. The summed E-state index contributed by atoms with van der Waals surface area (Å²) in [4.78, 5) is 17.0. The minimum atomic E-state index is -0.262. The zero-order valence-electron chi connectivity index (χ0n) is 13.9. The molecule has 0 aliphatic rings. The van der Waals surface area contributed by atoms with Crippen LogP contribution in [0.2, 0.25) is 0 Å². The smallest absolute Gasteiger partial charge is 0.225 e. The standard InChI is InChI=1S/C20H21N3O/c1-15-8-6-7-11-17(15)19(20-21-12-13-23(20)2)22-18(24)14-16-9-4-3-5-10-16/h3-13,19H,14H2,1-2H3,(H,22,24). The molecule has 0 bridgehead atoms. The Morgan fingerprint density at radius 1 is 1.12 bits per heavy atom. The van der Waals surface area contributed by atoms with E-state index in [1.807, 2.05) is 66.3 Å². The predicted octanol–water partition coefficient (Wildman–Crippen LogP) is 3.18. The van der Waals surface area contributed by atoms with Crippen molar-refractivity contribution in [2.45, 2.75) is 19.4 Å². The van der Waals surface area contributed by atoms with Gasteiger partial charge < -0.3 is 9.88 Å². The molecule has 0 spiro atoms. The highest BCUT2D eigenvalue weighted by molar-refractivity contribution is 5.79. The minimum Gasteiger partial charge on any atom is -0.342 e. The minimum absolute atomic E-state index is 0.0162. The second kappa shape index (κ2) is 7.13. The number of aryl methyl sites for hydroxylation is 2. The monoisotopic (exact) mass is 319 g/mol. The van der Waals surface area contributed by atoms with Gasteiger partial charge in [-0.05, 0) is 23.6 Å². The SMILES string of the molecule is Cc1ccccc1C(NC(=O)Cc1ccccc1)c1nccn1C.